The molecule has 4 rings (SSSR count). The summed E-state index contributed by atoms with van der Waals surface area (Å²) >= 11 is 16.4. The van der Waals surface area contributed by atoms with Gasteiger partial charge in [-0.1, -0.05) is 35.3 Å². The first-order valence-corrected chi connectivity index (χ1v) is 13.7. The van der Waals surface area contributed by atoms with Crippen molar-refractivity contribution in [2.75, 3.05) is 19.0 Å². The van der Waals surface area contributed by atoms with Gasteiger partial charge < -0.3 is 14.8 Å². The first kappa shape index (κ1) is 28.9. The maximum absolute atomic E-state index is 13.4. The van der Waals surface area contributed by atoms with Crippen LogP contribution in [0.15, 0.2) is 57.9 Å². The Morgan fingerprint density at radius 1 is 1.13 bits per heavy atom. The van der Waals surface area contributed by atoms with Gasteiger partial charge >= 0.3 is 0 Å². The molecule has 1 heterocycles. The summed E-state index contributed by atoms with van der Waals surface area (Å²) in [6, 6.07) is 12.2. The number of methoxy groups -OCH3 is 1. The molecule has 0 bridgehead atoms. The first-order valence-electron chi connectivity index (χ1n) is 11.3. The minimum Gasteiger partial charge on any atom is -0.493 e. The summed E-state index contributed by atoms with van der Waals surface area (Å²) in [5.74, 6) is -0.831. The van der Waals surface area contributed by atoms with E-state index in [1.807, 2.05) is 6.92 Å². The smallest absolute Gasteiger partial charge is 0.293 e. The van der Waals surface area contributed by atoms with Crippen LogP contribution in [0.2, 0.25) is 10.0 Å². The van der Waals surface area contributed by atoms with E-state index in [-0.39, 0.29) is 28.8 Å². The largest absolute Gasteiger partial charge is 0.493 e. The third-order valence-electron chi connectivity index (χ3n) is 5.57. The second-order valence-electron chi connectivity index (χ2n) is 8.34. The molecule has 0 saturated carbocycles. The Kier molecular flexibility index (Phi) is 9.22. The fourth-order valence-electron chi connectivity index (χ4n) is 3.58. The molecule has 3 amide bonds. The van der Waals surface area contributed by atoms with E-state index in [1.165, 1.54) is 19.2 Å². The summed E-state index contributed by atoms with van der Waals surface area (Å²) in [4.78, 5) is 39.1. The molecule has 202 valence electrons. The minimum absolute atomic E-state index is 0.0855. The average molecular weight is 654 g/mol. The predicted molar refractivity (Wildman–Crippen MR) is 154 cm³/mol. The van der Waals surface area contributed by atoms with Crippen molar-refractivity contribution in [2.24, 2.45) is 0 Å². The van der Waals surface area contributed by atoms with Gasteiger partial charge in [-0.05, 0) is 93.8 Å². The van der Waals surface area contributed by atoms with Crippen LogP contribution in [0.1, 0.15) is 16.7 Å². The molecule has 0 atom stereocenters. The maximum atomic E-state index is 13.4. The minimum atomic E-state index is -0.512. The first-order chi connectivity index (χ1) is 18.5. The summed E-state index contributed by atoms with van der Waals surface area (Å²) in [5.41, 5.74) is 2.43. The number of amides is 3. The fraction of sp³-hybridized carbons (Fsp3) is 0.148. The number of carbonyl (C=O) groups excluding carboxylic acids is 3. The van der Waals surface area contributed by atoms with Crippen LogP contribution in [0.4, 0.5) is 14.9 Å². The number of hydrogen-bond acceptors (Lipinski definition) is 6. The van der Waals surface area contributed by atoms with Gasteiger partial charge in [-0.25, -0.2) is 4.39 Å². The van der Waals surface area contributed by atoms with E-state index in [2.05, 4.69) is 21.2 Å². The van der Waals surface area contributed by atoms with Crippen LogP contribution >= 0.6 is 50.9 Å². The lowest BCUT2D eigenvalue weighted by Crippen LogP contribution is -2.27. The number of thioether (sulfide) groups is 1. The van der Waals surface area contributed by atoms with Gasteiger partial charge in [0.1, 0.15) is 5.82 Å². The van der Waals surface area contributed by atoms with Crippen molar-refractivity contribution in [3.63, 3.8) is 0 Å². The van der Waals surface area contributed by atoms with Crippen molar-refractivity contribution in [2.45, 2.75) is 13.5 Å². The molecule has 7 nitrogen and oxygen atoms in total. The van der Waals surface area contributed by atoms with Gasteiger partial charge in [0.2, 0.25) is 0 Å². The third-order valence-corrected chi connectivity index (χ3v) is 7.83. The van der Waals surface area contributed by atoms with Gasteiger partial charge in [-0.3, -0.25) is 19.3 Å². The maximum Gasteiger partial charge on any atom is 0.293 e. The van der Waals surface area contributed by atoms with E-state index >= 15 is 0 Å². The SMILES string of the molecule is COc1cc(/C=C2\SC(=O)N(Cc3ccc(F)cc3Cl)C2=O)cc(Br)c1OCC(=O)Nc1ccc(C)c(Cl)c1. The molecular weight excluding hydrogens is 634 g/mol. The third kappa shape index (κ3) is 6.94. The number of aryl methyl sites for hydroxylation is 1. The highest BCUT2D eigenvalue weighted by atomic mass is 79.9. The lowest BCUT2D eigenvalue weighted by atomic mass is 10.1. The lowest BCUT2D eigenvalue weighted by Gasteiger charge is -2.14. The molecule has 3 aromatic rings. The number of nitrogens with one attached hydrogen (secondary N) is 1. The summed E-state index contributed by atoms with van der Waals surface area (Å²) in [6.07, 6.45) is 1.54. The molecule has 1 aliphatic heterocycles. The molecule has 39 heavy (non-hydrogen) atoms. The second-order valence-corrected chi connectivity index (χ2v) is 11.0. The molecule has 0 aromatic heterocycles. The molecule has 0 radical (unpaired) electrons. The number of nitrogens with zero attached hydrogens (tertiary/aromatic N) is 1. The van der Waals surface area contributed by atoms with Gasteiger partial charge in [0.05, 0.1) is 23.0 Å². The van der Waals surface area contributed by atoms with Crippen molar-refractivity contribution in [3.8, 4) is 11.5 Å². The van der Waals surface area contributed by atoms with Gasteiger partial charge in [0.25, 0.3) is 17.1 Å². The highest BCUT2D eigenvalue weighted by Crippen LogP contribution is 2.39. The molecular formula is C27H20BrCl2FN2O5S. The molecule has 1 N–H and O–H groups in total. The summed E-state index contributed by atoms with van der Waals surface area (Å²) < 4.78 is 25.0. The topological polar surface area (TPSA) is 84.9 Å². The number of rotatable bonds is 8. The number of carbonyl (C=O) groups is 3. The average Bonchev–Trinajstić information content (AvgIpc) is 3.14. The van der Waals surface area contributed by atoms with Crippen LogP contribution in [-0.2, 0) is 16.1 Å². The predicted octanol–water partition coefficient (Wildman–Crippen LogP) is 7.47. The fourth-order valence-corrected chi connectivity index (χ4v) is 5.40. The molecule has 3 aromatic carbocycles. The number of benzene rings is 3. The van der Waals surface area contributed by atoms with Gasteiger partial charge in [-0.2, -0.15) is 0 Å². The van der Waals surface area contributed by atoms with Crippen molar-refractivity contribution in [3.05, 3.63) is 90.5 Å². The van der Waals surface area contributed by atoms with Crippen LogP contribution in [0.5, 0.6) is 11.5 Å². The Bertz CT molecular complexity index is 1520. The van der Waals surface area contributed by atoms with Crippen LogP contribution in [0.25, 0.3) is 6.08 Å². The monoisotopic (exact) mass is 652 g/mol. The molecule has 0 aliphatic carbocycles. The number of ether oxygens (including phenoxy) is 2. The lowest BCUT2D eigenvalue weighted by molar-refractivity contribution is -0.123. The summed E-state index contributed by atoms with van der Waals surface area (Å²) in [7, 11) is 1.44. The van der Waals surface area contributed by atoms with E-state index in [1.54, 1.807) is 36.4 Å². The Hall–Kier alpha value is -3.05. The van der Waals surface area contributed by atoms with Crippen molar-refractivity contribution in [1.29, 1.82) is 0 Å². The standard InChI is InChI=1S/C27H20BrCl2FN2O5S/c1-14-3-6-18(11-20(14)29)32-24(34)13-38-25-19(28)7-15(8-22(25)37-2)9-23-26(35)33(27(36)39-23)12-16-4-5-17(31)10-21(16)30/h3-11H,12-13H2,1-2H3,(H,32,34)/b23-9-. The quantitative estimate of drug-likeness (QED) is 0.254. The zero-order chi connectivity index (χ0) is 28.3. The van der Waals surface area contributed by atoms with E-state index in [9.17, 15) is 18.8 Å². The Morgan fingerprint density at radius 2 is 1.90 bits per heavy atom. The number of hydrogen-bond donors (Lipinski definition) is 1. The van der Waals surface area contributed by atoms with Crippen LogP contribution in [0, 0.1) is 12.7 Å². The summed E-state index contributed by atoms with van der Waals surface area (Å²) in [6.45, 7) is 1.47. The van der Waals surface area contributed by atoms with E-state index in [4.69, 9.17) is 32.7 Å². The van der Waals surface area contributed by atoms with Crippen LogP contribution in [-0.4, -0.2) is 35.7 Å². The van der Waals surface area contributed by atoms with Crippen molar-refractivity contribution < 1.29 is 28.2 Å². The zero-order valence-corrected chi connectivity index (χ0v) is 24.4. The molecule has 1 fully saturated rings. The van der Waals surface area contributed by atoms with Crippen LogP contribution in [0.3, 0.4) is 0 Å². The summed E-state index contributed by atoms with van der Waals surface area (Å²) in [5, 5.41) is 2.90. The Labute approximate surface area is 246 Å². The van der Waals surface area contributed by atoms with Crippen molar-refractivity contribution in [1.82, 2.24) is 4.90 Å². The number of imide groups is 1. The zero-order valence-electron chi connectivity index (χ0n) is 20.5. The normalized spacial score (nSPS) is 14.2. The molecule has 0 spiro atoms. The molecule has 0 unspecified atom stereocenters. The van der Waals surface area contributed by atoms with E-state index in [0.29, 0.717) is 32.1 Å². The van der Waals surface area contributed by atoms with E-state index in [0.717, 1.165) is 28.3 Å². The van der Waals surface area contributed by atoms with Crippen molar-refractivity contribution >= 4 is 79.7 Å². The van der Waals surface area contributed by atoms with Gasteiger partial charge in [0, 0.05) is 15.7 Å². The molecule has 1 saturated heterocycles. The van der Waals surface area contributed by atoms with Gasteiger partial charge in [-0.15, -0.1) is 0 Å². The molecule has 1 aliphatic rings. The van der Waals surface area contributed by atoms with Gasteiger partial charge in [0.15, 0.2) is 18.1 Å². The molecule has 12 heteroatoms. The van der Waals surface area contributed by atoms with E-state index < -0.39 is 22.9 Å². The second kappa shape index (κ2) is 12.4. The highest BCUT2D eigenvalue weighted by Gasteiger charge is 2.35. The Balaban J connectivity index is 1.47. The number of anilines is 1. The highest BCUT2D eigenvalue weighted by molar-refractivity contribution is 9.10. The van der Waals surface area contributed by atoms with Crippen LogP contribution < -0.4 is 14.8 Å². The Morgan fingerprint density at radius 3 is 2.59 bits per heavy atom. The number of halogens is 4.